The molecule has 0 aromatic heterocycles. The lowest BCUT2D eigenvalue weighted by Crippen LogP contribution is -2.30. The molecule has 2 amide bonds. The van der Waals surface area contributed by atoms with Gasteiger partial charge in [0, 0.05) is 23.8 Å². The number of hydrogen-bond donors (Lipinski definition) is 3. The van der Waals surface area contributed by atoms with Crippen molar-refractivity contribution in [3.8, 4) is 5.75 Å². The second-order valence-electron chi connectivity index (χ2n) is 5.99. The lowest BCUT2D eigenvalue weighted by atomic mass is 10.1. The van der Waals surface area contributed by atoms with E-state index in [4.69, 9.17) is 4.74 Å². The van der Waals surface area contributed by atoms with Crippen LogP contribution in [0.4, 0.5) is 5.69 Å². The molecule has 7 heteroatoms. The van der Waals surface area contributed by atoms with Crippen molar-refractivity contribution in [3.05, 3.63) is 58.1 Å². The fourth-order valence-corrected chi connectivity index (χ4v) is 3.08. The molecule has 0 fully saturated rings. The first-order valence-electron chi connectivity index (χ1n) is 8.69. The first kappa shape index (κ1) is 20.9. The van der Waals surface area contributed by atoms with Crippen LogP contribution in [0.25, 0.3) is 0 Å². The Bertz CT molecular complexity index is 811. The van der Waals surface area contributed by atoms with Gasteiger partial charge in [0.05, 0.1) is 18.1 Å². The quantitative estimate of drug-likeness (QED) is 0.594. The first-order valence-corrected chi connectivity index (χ1v) is 9.48. The number of rotatable bonds is 8. The van der Waals surface area contributed by atoms with E-state index in [-0.39, 0.29) is 24.4 Å². The number of hydrogen-bond acceptors (Lipinski definition) is 4. The maximum atomic E-state index is 12.2. The van der Waals surface area contributed by atoms with E-state index < -0.39 is 0 Å². The van der Waals surface area contributed by atoms with Gasteiger partial charge < -0.3 is 20.7 Å². The van der Waals surface area contributed by atoms with Crippen molar-refractivity contribution in [1.29, 1.82) is 0 Å². The number of anilines is 1. The zero-order valence-corrected chi connectivity index (χ0v) is 17.2. The Kier molecular flexibility index (Phi) is 7.82. The molecule has 0 aliphatic heterocycles. The van der Waals surface area contributed by atoms with E-state index in [1.54, 1.807) is 31.4 Å². The lowest BCUT2D eigenvalue weighted by molar-refractivity contribution is -0.115. The molecule has 2 aromatic carbocycles. The van der Waals surface area contributed by atoms with Crippen LogP contribution in [0.1, 0.15) is 35.8 Å². The molecule has 0 aliphatic rings. The standard InChI is InChI=1S/C20H24BrN3O3/c1-4-22-20(26)15-6-5-7-16(10-15)24-19(25)12-23-13(2)14-8-9-18(27-3)17(21)11-14/h5-11,13,23H,4,12H2,1-3H3,(H,22,26)(H,24,25)/t13-/m0/s1. The molecule has 0 heterocycles. The summed E-state index contributed by atoms with van der Waals surface area (Å²) in [5, 5.41) is 8.73. The van der Waals surface area contributed by atoms with Crippen molar-refractivity contribution >= 4 is 33.4 Å². The van der Waals surface area contributed by atoms with Crippen LogP contribution in [0.15, 0.2) is 46.9 Å². The number of nitrogens with one attached hydrogen (secondary N) is 3. The number of carbonyl (C=O) groups excluding carboxylic acids is 2. The Morgan fingerprint density at radius 2 is 1.96 bits per heavy atom. The van der Waals surface area contributed by atoms with E-state index in [9.17, 15) is 9.59 Å². The molecular weight excluding hydrogens is 410 g/mol. The van der Waals surface area contributed by atoms with Crippen molar-refractivity contribution < 1.29 is 14.3 Å². The zero-order valence-electron chi connectivity index (χ0n) is 15.6. The van der Waals surface area contributed by atoms with E-state index in [0.717, 1.165) is 15.8 Å². The lowest BCUT2D eigenvalue weighted by Gasteiger charge is -2.15. The van der Waals surface area contributed by atoms with Gasteiger partial charge >= 0.3 is 0 Å². The minimum atomic E-state index is -0.178. The molecule has 2 rings (SSSR count). The highest BCUT2D eigenvalue weighted by Gasteiger charge is 2.11. The summed E-state index contributed by atoms with van der Waals surface area (Å²) in [5.74, 6) is 0.420. The second-order valence-corrected chi connectivity index (χ2v) is 6.84. The number of halogens is 1. The molecular formula is C20H24BrN3O3. The molecule has 0 bridgehead atoms. The third-order valence-corrected chi connectivity index (χ3v) is 4.61. The summed E-state index contributed by atoms with van der Waals surface area (Å²) in [6.07, 6.45) is 0. The number of benzene rings is 2. The fourth-order valence-electron chi connectivity index (χ4n) is 2.52. The average Bonchev–Trinajstić information content (AvgIpc) is 2.66. The first-order chi connectivity index (χ1) is 12.9. The molecule has 0 unspecified atom stereocenters. The van der Waals surface area contributed by atoms with Crippen LogP contribution in [0.2, 0.25) is 0 Å². The second kappa shape index (κ2) is 10.1. The SMILES string of the molecule is CCNC(=O)c1cccc(NC(=O)CN[C@@H](C)c2ccc(OC)c(Br)c2)c1. The van der Waals surface area contributed by atoms with Crippen LogP contribution in [0.3, 0.4) is 0 Å². The van der Waals surface area contributed by atoms with Gasteiger partial charge in [-0.2, -0.15) is 0 Å². The fraction of sp³-hybridized carbons (Fsp3) is 0.300. The summed E-state index contributed by atoms with van der Waals surface area (Å²) in [7, 11) is 1.62. The Labute approximate surface area is 167 Å². The summed E-state index contributed by atoms with van der Waals surface area (Å²) in [6, 6.07) is 12.6. The van der Waals surface area contributed by atoms with Crippen molar-refractivity contribution in [2.75, 3.05) is 25.5 Å². The zero-order chi connectivity index (χ0) is 19.8. The van der Waals surface area contributed by atoms with Crippen LogP contribution < -0.4 is 20.7 Å². The third kappa shape index (κ3) is 6.08. The Morgan fingerprint density at radius 1 is 1.19 bits per heavy atom. The van der Waals surface area contributed by atoms with E-state index in [1.807, 2.05) is 32.0 Å². The summed E-state index contributed by atoms with van der Waals surface area (Å²) >= 11 is 3.46. The van der Waals surface area contributed by atoms with E-state index in [1.165, 1.54) is 0 Å². The normalized spacial score (nSPS) is 11.6. The molecule has 6 nitrogen and oxygen atoms in total. The van der Waals surface area contributed by atoms with Crippen LogP contribution in [-0.4, -0.2) is 32.0 Å². The highest BCUT2D eigenvalue weighted by atomic mass is 79.9. The molecule has 144 valence electrons. The molecule has 0 radical (unpaired) electrons. The van der Waals surface area contributed by atoms with E-state index in [2.05, 4.69) is 31.9 Å². The topological polar surface area (TPSA) is 79.5 Å². The van der Waals surface area contributed by atoms with Crippen LogP contribution in [-0.2, 0) is 4.79 Å². The minimum Gasteiger partial charge on any atom is -0.496 e. The van der Waals surface area contributed by atoms with Gasteiger partial charge in [-0.3, -0.25) is 9.59 Å². The van der Waals surface area contributed by atoms with Crippen molar-refractivity contribution in [2.45, 2.75) is 19.9 Å². The Hall–Kier alpha value is -2.38. The third-order valence-electron chi connectivity index (χ3n) is 3.99. The molecule has 2 aromatic rings. The van der Waals surface area contributed by atoms with Crippen molar-refractivity contribution in [1.82, 2.24) is 10.6 Å². The predicted molar refractivity (Wildman–Crippen MR) is 110 cm³/mol. The minimum absolute atomic E-state index is 0.0142. The van der Waals surface area contributed by atoms with Gasteiger partial charge in [0.25, 0.3) is 5.91 Å². The average molecular weight is 434 g/mol. The van der Waals surface area contributed by atoms with Crippen LogP contribution >= 0.6 is 15.9 Å². The smallest absolute Gasteiger partial charge is 0.251 e. The predicted octanol–water partition coefficient (Wildman–Crippen LogP) is 3.50. The van der Waals surface area contributed by atoms with Gasteiger partial charge in [-0.15, -0.1) is 0 Å². The molecule has 0 spiro atoms. The van der Waals surface area contributed by atoms with Gasteiger partial charge in [0.2, 0.25) is 5.91 Å². The number of amides is 2. The van der Waals surface area contributed by atoms with Crippen LogP contribution in [0.5, 0.6) is 5.75 Å². The molecule has 27 heavy (non-hydrogen) atoms. The maximum absolute atomic E-state index is 12.2. The summed E-state index contributed by atoms with van der Waals surface area (Å²) in [5.41, 5.74) is 2.14. The van der Waals surface area contributed by atoms with Crippen LogP contribution in [0, 0.1) is 0 Å². The maximum Gasteiger partial charge on any atom is 0.251 e. The van der Waals surface area contributed by atoms with Crippen molar-refractivity contribution in [3.63, 3.8) is 0 Å². The summed E-state index contributed by atoms with van der Waals surface area (Å²) in [4.78, 5) is 24.1. The Balaban J connectivity index is 1.91. The monoisotopic (exact) mass is 433 g/mol. The van der Waals surface area contributed by atoms with E-state index in [0.29, 0.717) is 17.8 Å². The highest BCUT2D eigenvalue weighted by molar-refractivity contribution is 9.10. The molecule has 0 saturated carbocycles. The van der Waals surface area contributed by atoms with Gasteiger partial charge in [-0.05, 0) is 65.7 Å². The largest absolute Gasteiger partial charge is 0.496 e. The number of carbonyl (C=O) groups is 2. The molecule has 3 N–H and O–H groups in total. The van der Waals surface area contributed by atoms with Gasteiger partial charge in [0.1, 0.15) is 5.75 Å². The number of ether oxygens (including phenoxy) is 1. The Morgan fingerprint density at radius 3 is 2.63 bits per heavy atom. The molecule has 1 atom stereocenters. The van der Waals surface area contributed by atoms with Gasteiger partial charge in [-0.25, -0.2) is 0 Å². The number of methoxy groups -OCH3 is 1. The van der Waals surface area contributed by atoms with Gasteiger partial charge in [0.15, 0.2) is 0 Å². The summed E-state index contributed by atoms with van der Waals surface area (Å²) < 4.78 is 6.09. The van der Waals surface area contributed by atoms with E-state index >= 15 is 0 Å². The molecule has 0 aliphatic carbocycles. The highest BCUT2D eigenvalue weighted by Crippen LogP contribution is 2.27. The van der Waals surface area contributed by atoms with Gasteiger partial charge in [-0.1, -0.05) is 12.1 Å². The van der Waals surface area contributed by atoms with Crippen molar-refractivity contribution in [2.24, 2.45) is 0 Å². The molecule has 0 saturated heterocycles. The summed E-state index contributed by atoms with van der Waals surface area (Å²) in [6.45, 7) is 4.55.